The highest BCUT2D eigenvalue weighted by molar-refractivity contribution is 9.09. The molecule has 0 aromatic carbocycles. The lowest BCUT2D eigenvalue weighted by Gasteiger charge is -2.16. The Hall–Kier alpha value is -0.520. The fraction of sp³-hybridized carbons (Fsp3) is 0.625. The third-order valence-electron chi connectivity index (χ3n) is 3.62. The topological polar surface area (TPSA) is 20.2 Å². The van der Waals surface area contributed by atoms with Crippen molar-refractivity contribution in [1.29, 1.82) is 0 Å². The molecule has 1 fully saturated rings. The van der Waals surface area contributed by atoms with Crippen molar-refractivity contribution in [2.45, 2.75) is 50.0 Å². The van der Waals surface area contributed by atoms with Crippen molar-refractivity contribution in [1.82, 2.24) is 0 Å². The first-order chi connectivity index (χ1) is 8.69. The summed E-state index contributed by atoms with van der Waals surface area (Å²) in [4.78, 5) is 0.537. The number of rotatable bonds is 6. The van der Waals surface area contributed by atoms with Crippen molar-refractivity contribution < 1.29 is 5.11 Å². The van der Waals surface area contributed by atoms with Gasteiger partial charge in [0.1, 0.15) is 0 Å². The van der Waals surface area contributed by atoms with Gasteiger partial charge in [-0.1, -0.05) is 47.0 Å². The van der Waals surface area contributed by atoms with Crippen LogP contribution < -0.4 is 0 Å². The Kier molecular flexibility index (Phi) is 7.39. The van der Waals surface area contributed by atoms with Gasteiger partial charge in [-0.2, -0.15) is 0 Å². The zero-order valence-electron chi connectivity index (χ0n) is 11.1. The number of aliphatic hydroxyl groups is 1. The van der Waals surface area contributed by atoms with Gasteiger partial charge >= 0.3 is 0 Å². The van der Waals surface area contributed by atoms with Crippen LogP contribution in [0, 0.1) is 24.2 Å². The highest BCUT2D eigenvalue weighted by atomic mass is 79.9. The summed E-state index contributed by atoms with van der Waals surface area (Å²) in [5.74, 6) is 3.51. The largest absolute Gasteiger partial charge is 0.393 e. The van der Waals surface area contributed by atoms with E-state index in [1.54, 1.807) is 6.08 Å². The number of halogens is 1. The van der Waals surface area contributed by atoms with E-state index in [1.807, 2.05) is 6.08 Å². The zero-order valence-corrected chi connectivity index (χ0v) is 12.6. The summed E-state index contributed by atoms with van der Waals surface area (Å²) >= 11 is 3.75. The lowest BCUT2D eigenvalue weighted by atomic mass is 9.95. The molecule has 0 radical (unpaired) electrons. The Morgan fingerprint density at radius 3 is 2.83 bits per heavy atom. The summed E-state index contributed by atoms with van der Waals surface area (Å²) in [7, 11) is 0. The van der Waals surface area contributed by atoms with Crippen LogP contribution in [0.25, 0.3) is 0 Å². The second-order valence-electron chi connectivity index (χ2n) is 4.99. The van der Waals surface area contributed by atoms with Crippen LogP contribution in [-0.4, -0.2) is 16.0 Å². The number of alkyl halides is 1. The molecule has 1 nitrogen and oxygen atoms in total. The molecule has 0 aliphatic heterocycles. The van der Waals surface area contributed by atoms with Crippen LogP contribution in [0.1, 0.15) is 39.0 Å². The summed E-state index contributed by atoms with van der Waals surface area (Å²) < 4.78 is 0. The van der Waals surface area contributed by atoms with Gasteiger partial charge in [-0.05, 0) is 50.0 Å². The number of allylic oxidation sites excluding steroid dienone is 3. The van der Waals surface area contributed by atoms with E-state index >= 15 is 0 Å². The molecule has 1 aliphatic rings. The normalized spacial score (nSPS) is 30.0. The number of hydrogen-bond acceptors (Lipinski definition) is 1. The first-order valence-corrected chi connectivity index (χ1v) is 7.68. The van der Waals surface area contributed by atoms with Crippen molar-refractivity contribution in [2.75, 3.05) is 0 Å². The fourth-order valence-corrected chi connectivity index (χ4v) is 3.49. The van der Waals surface area contributed by atoms with Gasteiger partial charge in [0.15, 0.2) is 0 Å². The van der Waals surface area contributed by atoms with Gasteiger partial charge in [-0.25, -0.2) is 0 Å². The molecule has 0 saturated heterocycles. The third-order valence-corrected chi connectivity index (χ3v) is 4.74. The zero-order chi connectivity index (χ0) is 13.4. The molecule has 0 aromatic heterocycles. The molecule has 100 valence electrons. The van der Waals surface area contributed by atoms with Crippen LogP contribution in [0.5, 0.6) is 0 Å². The lowest BCUT2D eigenvalue weighted by Crippen LogP contribution is -2.17. The van der Waals surface area contributed by atoms with Gasteiger partial charge in [0.25, 0.3) is 0 Å². The molecule has 0 heterocycles. The van der Waals surface area contributed by atoms with E-state index in [2.05, 4.69) is 40.9 Å². The monoisotopic (exact) mass is 310 g/mol. The fourth-order valence-electron chi connectivity index (χ4n) is 2.58. The molecule has 0 aromatic rings. The molecule has 0 spiro atoms. The van der Waals surface area contributed by atoms with Crippen molar-refractivity contribution in [3.63, 3.8) is 0 Å². The van der Waals surface area contributed by atoms with Gasteiger partial charge in [0, 0.05) is 4.83 Å². The Balaban J connectivity index is 2.40. The molecule has 1 aliphatic carbocycles. The Bertz CT molecular complexity index is 326. The molecule has 0 amide bonds. The highest BCUT2D eigenvalue weighted by Crippen LogP contribution is 2.40. The molecule has 1 saturated carbocycles. The van der Waals surface area contributed by atoms with E-state index in [9.17, 15) is 5.11 Å². The third kappa shape index (κ3) is 5.00. The first kappa shape index (κ1) is 15.5. The molecule has 4 atom stereocenters. The summed E-state index contributed by atoms with van der Waals surface area (Å²) in [5, 5.41) is 10.1. The lowest BCUT2D eigenvalue weighted by molar-refractivity contribution is 0.111. The molecule has 2 heteroatoms. The standard InChI is InChI=1S/C16H23BrO/c1-3-5-7-9-13-11-14(12-15(13)17)16(18)10-8-6-4-2/h2,5-8,13-16,18H,3,9-12H2,1H3/t13-,14-,15+,16-/m1/s1. The van der Waals surface area contributed by atoms with Crippen LogP contribution >= 0.6 is 15.9 Å². The van der Waals surface area contributed by atoms with E-state index < -0.39 is 0 Å². The van der Waals surface area contributed by atoms with E-state index in [4.69, 9.17) is 6.42 Å². The highest BCUT2D eigenvalue weighted by Gasteiger charge is 2.34. The Morgan fingerprint density at radius 2 is 2.17 bits per heavy atom. The molecule has 1 N–H and O–H groups in total. The van der Waals surface area contributed by atoms with Crippen LogP contribution in [-0.2, 0) is 0 Å². The number of terminal acetylenes is 1. The minimum atomic E-state index is -0.255. The predicted molar refractivity (Wildman–Crippen MR) is 81.6 cm³/mol. The van der Waals surface area contributed by atoms with Crippen molar-refractivity contribution in [2.24, 2.45) is 11.8 Å². The smallest absolute Gasteiger partial charge is 0.0603 e. The summed E-state index contributed by atoms with van der Waals surface area (Å²) in [6.45, 7) is 2.15. The quantitative estimate of drug-likeness (QED) is 0.445. The minimum Gasteiger partial charge on any atom is -0.393 e. The van der Waals surface area contributed by atoms with Crippen LogP contribution in [0.4, 0.5) is 0 Å². The minimum absolute atomic E-state index is 0.255. The molecule has 0 bridgehead atoms. The van der Waals surface area contributed by atoms with E-state index in [0.29, 0.717) is 23.1 Å². The number of hydrogen-bond donors (Lipinski definition) is 1. The van der Waals surface area contributed by atoms with Gasteiger partial charge in [0.2, 0.25) is 0 Å². The molecule has 18 heavy (non-hydrogen) atoms. The maximum Gasteiger partial charge on any atom is 0.0603 e. The Labute approximate surface area is 119 Å². The summed E-state index contributed by atoms with van der Waals surface area (Å²) in [6, 6.07) is 0. The van der Waals surface area contributed by atoms with Crippen molar-refractivity contribution in [3.05, 3.63) is 24.3 Å². The average Bonchev–Trinajstić information content (AvgIpc) is 2.72. The van der Waals surface area contributed by atoms with Crippen molar-refractivity contribution >= 4 is 15.9 Å². The SMILES string of the molecule is C#CC=CC[C@@H](O)[C@@H]1C[C@@H](CC=CCC)[C@@H](Br)C1. The molecular formula is C16H23BrO. The van der Waals surface area contributed by atoms with Crippen LogP contribution in [0.3, 0.4) is 0 Å². The van der Waals surface area contributed by atoms with Gasteiger partial charge in [-0.15, -0.1) is 6.42 Å². The first-order valence-electron chi connectivity index (χ1n) is 6.77. The van der Waals surface area contributed by atoms with Gasteiger partial charge in [0.05, 0.1) is 6.10 Å². The summed E-state index contributed by atoms with van der Waals surface area (Å²) in [6.07, 6.45) is 18.0. The molecular weight excluding hydrogens is 288 g/mol. The van der Waals surface area contributed by atoms with E-state index in [0.717, 1.165) is 25.7 Å². The van der Waals surface area contributed by atoms with E-state index in [1.165, 1.54) is 0 Å². The van der Waals surface area contributed by atoms with E-state index in [-0.39, 0.29) is 6.10 Å². The average molecular weight is 311 g/mol. The van der Waals surface area contributed by atoms with Gasteiger partial charge < -0.3 is 5.11 Å². The van der Waals surface area contributed by atoms with Crippen LogP contribution in [0.15, 0.2) is 24.3 Å². The van der Waals surface area contributed by atoms with Gasteiger partial charge in [-0.3, -0.25) is 0 Å². The second-order valence-corrected chi connectivity index (χ2v) is 6.17. The summed E-state index contributed by atoms with van der Waals surface area (Å²) in [5.41, 5.74) is 0. The van der Waals surface area contributed by atoms with Crippen LogP contribution in [0.2, 0.25) is 0 Å². The maximum absolute atomic E-state index is 10.1. The Morgan fingerprint density at radius 1 is 1.39 bits per heavy atom. The number of aliphatic hydroxyl groups excluding tert-OH is 1. The van der Waals surface area contributed by atoms with Crippen molar-refractivity contribution in [3.8, 4) is 12.3 Å². The predicted octanol–water partition coefficient (Wildman–Crippen LogP) is 4.07. The molecule has 1 rings (SSSR count). The second kappa shape index (κ2) is 8.56. The molecule has 0 unspecified atom stereocenters. The maximum atomic E-state index is 10.1.